The number of ether oxygens (including phenoxy) is 1. The predicted molar refractivity (Wildman–Crippen MR) is 135 cm³/mol. The van der Waals surface area contributed by atoms with E-state index in [0.717, 1.165) is 26.4 Å². The summed E-state index contributed by atoms with van der Waals surface area (Å²) < 4.78 is 5.64. The Morgan fingerprint density at radius 1 is 1.26 bits per heavy atom. The van der Waals surface area contributed by atoms with E-state index in [2.05, 4.69) is 23.3 Å². The van der Waals surface area contributed by atoms with Gasteiger partial charge in [0.15, 0.2) is 0 Å². The number of nitrogens with one attached hydrogen (secondary N) is 1. The predicted octanol–water partition coefficient (Wildman–Crippen LogP) is 5.15. The first-order valence-electron chi connectivity index (χ1n) is 12.0. The summed E-state index contributed by atoms with van der Waals surface area (Å²) in [5.41, 5.74) is 3.86. The van der Waals surface area contributed by atoms with Crippen LogP contribution in [0.5, 0.6) is 0 Å². The van der Waals surface area contributed by atoms with Gasteiger partial charge in [-0.25, -0.2) is 4.79 Å². The number of benzene rings is 1. The summed E-state index contributed by atoms with van der Waals surface area (Å²) in [4.78, 5) is 31.0. The standard InChI is InChI=1S/C28H29N3O3S/c1-19(21-7-3-2-4-8-21)14-22(32)15-26-25(17-29)24-10-9-23(16-27(24)35-26)34-28(33)31-13-11-20-6-5-12-30-18-20/h2-8,12,18-19,23H,9-11,13-16H2,1H3,(H,31,33). The van der Waals surface area contributed by atoms with Crippen LogP contribution in [0.25, 0.3) is 0 Å². The van der Waals surface area contributed by atoms with Crippen molar-refractivity contribution in [2.75, 3.05) is 6.54 Å². The number of carbonyl (C=O) groups is 2. The Hall–Kier alpha value is -3.50. The Kier molecular flexibility index (Phi) is 8.27. The van der Waals surface area contributed by atoms with Crippen molar-refractivity contribution in [3.05, 3.63) is 86.9 Å². The van der Waals surface area contributed by atoms with E-state index < -0.39 is 6.09 Å². The van der Waals surface area contributed by atoms with Crippen LogP contribution in [0.1, 0.15) is 57.7 Å². The van der Waals surface area contributed by atoms with Gasteiger partial charge in [-0.1, -0.05) is 43.3 Å². The number of aromatic nitrogens is 1. The highest BCUT2D eigenvalue weighted by molar-refractivity contribution is 7.12. The lowest BCUT2D eigenvalue weighted by atomic mass is 9.91. The maximum absolute atomic E-state index is 12.8. The highest BCUT2D eigenvalue weighted by Crippen LogP contribution is 2.36. The number of rotatable bonds is 9. The zero-order valence-electron chi connectivity index (χ0n) is 19.8. The molecule has 2 aromatic heterocycles. The molecule has 0 radical (unpaired) electrons. The number of hydrogen-bond acceptors (Lipinski definition) is 6. The Balaban J connectivity index is 1.31. The summed E-state index contributed by atoms with van der Waals surface area (Å²) in [6, 6.07) is 16.2. The minimum Gasteiger partial charge on any atom is -0.446 e. The molecule has 0 saturated carbocycles. The highest BCUT2D eigenvalue weighted by Gasteiger charge is 2.28. The molecule has 0 bridgehead atoms. The SMILES string of the molecule is CC(CC(=O)Cc1sc2c(c1C#N)CCC(OC(=O)NCCc1cccnc1)C2)c1ccccc1. The normalized spacial score (nSPS) is 15.5. The number of hydrogen-bond donors (Lipinski definition) is 1. The van der Waals surface area contributed by atoms with Crippen LogP contribution >= 0.6 is 11.3 Å². The molecule has 1 aliphatic carbocycles. The molecule has 6 nitrogen and oxygen atoms in total. The summed E-state index contributed by atoms with van der Waals surface area (Å²) in [5.74, 6) is 0.274. The van der Waals surface area contributed by atoms with Gasteiger partial charge in [0.25, 0.3) is 0 Å². The lowest BCUT2D eigenvalue weighted by molar-refractivity contribution is -0.118. The monoisotopic (exact) mass is 487 g/mol. The van der Waals surface area contributed by atoms with Gasteiger partial charge < -0.3 is 10.1 Å². The first-order valence-corrected chi connectivity index (χ1v) is 12.8. The molecule has 4 rings (SSSR count). The molecule has 0 spiro atoms. The average Bonchev–Trinajstić information content (AvgIpc) is 3.21. The van der Waals surface area contributed by atoms with Crippen molar-refractivity contribution in [1.82, 2.24) is 10.3 Å². The molecule has 0 fully saturated rings. The van der Waals surface area contributed by atoms with Crippen molar-refractivity contribution in [1.29, 1.82) is 5.26 Å². The number of amides is 1. The Morgan fingerprint density at radius 3 is 2.83 bits per heavy atom. The maximum Gasteiger partial charge on any atom is 0.407 e. The van der Waals surface area contributed by atoms with Crippen LogP contribution in [0.15, 0.2) is 54.9 Å². The molecule has 3 aromatic rings. The van der Waals surface area contributed by atoms with E-state index in [-0.39, 0.29) is 24.2 Å². The quantitative estimate of drug-likeness (QED) is 0.451. The summed E-state index contributed by atoms with van der Waals surface area (Å²) in [5, 5.41) is 12.6. The largest absolute Gasteiger partial charge is 0.446 e. The lowest BCUT2D eigenvalue weighted by Crippen LogP contribution is -2.33. The summed E-state index contributed by atoms with van der Waals surface area (Å²) in [6.45, 7) is 2.54. The third kappa shape index (κ3) is 6.55. The first kappa shape index (κ1) is 24.6. The minimum absolute atomic E-state index is 0.136. The van der Waals surface area contributed by atoms with Gasteiger partial charge >= 0.3 is 6.09 Å². The number of Topliss-reactive ketones (excluding diaryl/α,β-unsaturated/α-hetero) is 1. The average molecular weight is 488 g/mol. The number of thiophene rings is 1. The molecule has 0 saturated heterocycles. The van der Waals surface area contributed by atoms with E-state index in [9.17, 15) is 14.9 Å². The van der Waals surface area contributed by atoms with Crippen LogP contribution in [0.4, 0.5) is 4.79 Å². The van der Waals surface area contributed by atoms with Crippen LogP contribution in [-0.2, 0) is 35.2 Å². The second kappa shape index (κ2) is 11.8. The third-order valence-corrected chi connectivity index (χ3v) is 7.60. The second-order valence-corrected chi connectivity index (χ2v) is 10.1. The topological polar surface area (TPSA) is 92.1 Å². The van der Waals surface area contributed by atoms with Crippen LogP contribution < -0.4 is 5.32 Å². The molecule has 1 amide bonds. The van der Waals surface area contributed by atoms with E-state index in [4.69, 9.17) is 4.74 Å². The fourth-order valence-corrected chi connectivity index (χ4v) is 5.91. The summed E-state index contributed by atoms with van der Waals surface area (Å²) in [6.07, 6.45) is 6.19. The first-order chi connectivity index (χ1) is 17.0. The Bertz CT molecular complexity index is 1200. The maximum atomic E-state index is 12.8. The van der Waals surface area contributed by atoms with Gasteiger partial charge in [0.2, 0.25) is 0 Å². The number of fused-ring (bicyclic) bond motifs is 1. The number of pyridine rings is 1. The van der Waals surface area contributed by atoms with Gasteiger partial charge in [-0.3, -0.25) is 9.78 Å². The molecule has 180 valence electrons. The third-order valence-electron chi connectivity index (χ3n) is 6.34. The minimum atomic E-state index is -0.426. The van der Waals surface area contributed by atoms with Gasteiger partial charge in [0.1, 0.15) is 18.0 Å². The number of carbonyl (C=O) groups excluding carboxylic acids is 2. The zero-order valence-corrected chi connectivity index (χ0v) is 20.6. The molecule has 0 aliphatic heterocycles. The molecule has 1 aromatic carbocycles. The Morgan fingerprint density at radius 2 is 2.09 bits per heavy atom. The summed E-state index contributed by atoms with van der Waals surface area (Å²) in [7, 11) is 0. The molecule has 1 N–H and O–H groups in total. The van der Waals surface area contributed by atoms with Crippen molar-refractivity contribution in [2.24, 2.45) is 0 Å². The van der Waals surface area contributed by atoms with Crippen LogP contribution in [-0.4, -0.2) is 29.5 Å². The molecule has 2 unspecified atom stereocenters. The van der Waals surface area contributed by atoms with Gasteiger partial charge in [0.05, 0.1) is 5.56 Å². The number of nitrogens with zero attached hydrogens (tertiary/aromatic N) is 2. The number of alkyl carbamates (subject to hydrolysis) is 1. The Labute approximate surface area is 210 Å². The van der Waals surface area contributed by atoms with Crippen LogP contribution in [0.2, 0.25) is 0 Å². The zero-order chi connectivity index (χ0) is 24.6. The number of ketones is 1. The van der Waals surface area contributed by atoms with Gasteiger partial charge in [-0.2, -0.15) is 5.26 Å². The van der Waals surface area contributed by atoms with E-state index in [0.29, 0.717) is 44.2 Å². The lowest BCUT2D eigenvalue weighted by Gasteiger charge is -2.22. The smallest absolute Gasteiger partial charge is 0.407 e. The highest BCUT2D eigenvalue weighted by atomic mass is 32.1. The van der Waals surface area contributed by atoms with Gasteiger partial charge in [-0.15, -0.1) is 11.3 Å². The van der Waals surface area contributed by atoms with Crippen molar-refractivity contribution in [3.8, 4) is 6.07 Å². The van der Waals surface area contributed by atoms with E-state index in [1.165, 1.54) is 11.3 Å². The fourth-order valence-electron chi connectivity index (χ4n) is 4.51. The molecule has 2 heterocycles. The molecular formula is C28H29N3O3S. The van der Waals surface area contributed by atoms with Crippen molar-refractivity contribution in [3.63, 3.8) is 0 Å². The van der Waals surface area contributed by atoms with Crippen LogP contribution in [0, 0.1) is 11.3 Å². The summed E-state index contributed by atoms with van der Waals surface area (Å²) >= 11 is 1.52. The fraction of sp³-hybridized carbons (Fsp3) is 0.357. The number of nitriles is 1. The molecular weight excluding hydrogens is 458 g/mol. The second-order valence-electron chi connectivity index (χ2n) is 8.95. The van der Waals surface area contributed by atoms with Crippen molar-refractivity contribution >= 4 is 23.2 Å². The molecule has 7 heteroatoms. The molecule has 2 atom stereocenters. The van der Waals surface area contributed by atoms with Gasteiger partial charge in [-0.05, 0) is 47.9 Å². The van der Waals surface area contributed by atoms with Crippen molar-refractivity contribution < 1.29 is 14.3 Å². The van der Waals surface area contributed by atoms with Crippen LogP contribution in [0.3, 0.4) is 0 Å². The van der Waals surface area contributed by atoms with Crippen molar-refractivity contribution in [2.45, 2.75) is 57.5 Å². The molecule has 35 heavy (non-hydrogen) atoms. The van der Waals surface area contributed by atoms with Gasteiger partial charge in [0, 0.05) is 48.0 Å². The van der Waals surface area contributed by atoms with E-state index >= 15 is 0 Å². The van der Waals surface area contributed by atoms with E-state index in [1.54, 1.807) is 12.4 Å². The van der Waals surface area contributed by atoms with E-state index in [1.807, 2.05) is 42.5 Å². The molecule has 1 aliphatic rings.